The number of dihydropyridines is 1. The number of thioether (sulfide) groups is 1. The van der Waals surface area contributed by atoms with Crippen LogP contribution in [-0.2, 0) is 14.3 Å². The molecule has 2 aliphatic heterocycles. The lowest BCUT2D eigenvalue weighted by Crippen LogP contribution is -2.39. The van der Waals surface area contributed by atoms with Crippen LogP contribution in [-0.4, -0.2) is 70.3 Å². The minimum Gasteiger partial charge on any atom is -0.481 e. The van der Waals surface area contributed by atoms with Crippen LogP contribution in [0.3, 0.4) is 0 Å². The van der Waals surface area contributed by atoms with Gasteiger partial charge in [0, 0.05) is 53.1 Å². The number of aromatic nitrogens is 1. The van der Waals surface area contributed by atoms with Crippen molar-refractivity contribution in [1.29, 1.82) is 0 Å². The van der Waals surface area contributed by atoms with E-state index in [-0.39, 0.29) is 42.9 Å². The van der Waals surface area contributed by atoms with Gasteiger partial charge in [-0.2, -0.15) is 0 Å². The van der Waals surface area contributed by atoms with Crippen LogP contribution in [0, 0.1) is 5.82 Å². The van der Waals surface area contributed by atoms with Crippen LogP contribution in [0.5, 0.6) is 0 Å². The van der Waals surface area contributed by atoms with Gasteiger partial charge >= 0.3 is 11.9 Å². The predicted octanol–water partition coefficient (Wildman–Crippen LogP) is 5.10. The third-order valence-corrected chi connectivity index (χ3v) is 8.70. The number of hydrogen-bond donors (Lipinski definition) is 2. The smallest absolute Gasteiger partial charge is 0.336 e. The van der Waals surface area contributed by atoms with E-state index in [4.69, 9.17) is 21.4 Å². The largest absolute Gasteiger partial charge is 0.481 e. The van der Waals surface area contributed by atoms with E-state index in [1.807, 2.05) is 17.2 Å². The zero-order valence-electron chi connectivity index (χ0n) is 20.9. The molecule has 1 fully saturated rings. The fourth-order valence-electron chi connectivity index (χ4n) is 4.89. The van der Waals surface area contributed by atoms with Gasteiger partial charge < -0.3 is 15.2 Å². The van der Waals surface area contributed by atoms with Gasteiger partial charge in [-0.25, -0.2) is 18.6 Å². The van der Waals surface area contributed by atoms with Crippen LogP contribution in [0.1, 0.15) is 36.8 Å². The summed E-state index contributed by atoms with van der Waals surface area (Å²) < 4.78 is 34.0. The molecule has 2 unspecified atom stereocenters. The van der Waals surface area contributed by atoms with Crippen LogP contribution in [0.15, 0.2) is 46.6 Å². The molecule has 204 valence electrons. The lowest BCUT2D eigenvalue weighted by molar-refractivity contribution is -0.139. The van der Waals surface area contributed by atoms with Crippen molar-refractivity contribution < 1.29 is 28.2 Å². The molecule has 0 saturated carbocycles. The van der Waals surface area contributed by atoms with Crippen molar-refractivity contribution in [2.75, 3.05) is 31.2 Å². The summed E-state index contributed by atoms with van der Waals surface area (Å²) in [5.74, 6) is -2.26. The highest BCUT2D eigenvalue weighted by molar-refractivity contribution is 7.99. The van der Waals surface area contributed by atoms with Gasteiger partial charge in [-0.1, -0.05) is 17.7 Å². The maximum atomic E-state index is 14.6. The number of carboxylic acid groups (broad SMARTS) is 1. The Morgan fingerprint density at radius 2 is 2.18 bits per heavy atom. The van der Waals surface area contributed by atoms with Gasteiger partial charge in [0.1, 0.15) is 17.0 Å². The fourth-order valence-corrected chi connectivity index (χ4v) is 6.78. The van der Waals surface area contributed by atoms with Crippen molar-refractivity contribution in [3.05, 3.63) is 68.0 Å². The molecule has 1 aromatic carbocycles. The molecule has 2 N–H and O–H groups in total. The number of benzene rings is 1. The molecule has 12 heteroatoms. The summed E-state index contributed by atoms with van der Waals surface area (Å²) in [5, 5.41) is 15.1. The highest BCUT2D eigenvalue weighted by Crippen LogP contribution is 2.44. The number of ether oxygens (including phenoxy) is 1. The summed E-state index contributed by atoms with van der Waals surface area (Å²) >= 11 is 9.16. The fraction of sp³-hybridized carbons (Fsp3) is 0.423. The normalized spacial score (nSPS) is 22.1. The number of hydrogen-bond acceptors (Lipinski definition) is 8. The molecule has 7 nitrogen and oxygen atoms in total. The highest BCUT2D eigenvalue weighted by atomic mass is 35.5. The van der Waals surface area contributed by atoms with Crippen molar-refractivity contribution in [3.63, 3.8) is 0 Å². The van der Waals surface area contributed by atoms with Gasteiger partial charge in [-0.15, -0.1) is 23.1 Å². The summed E-state index contributed by atoms with van der Waals surface area (Å²) in [6.07, 6.45) is 0.880. The average molecular weight is 584 g/mol. The number of alkyl halides is 1. The molecule has 3 heterocycles. The van der Waals surface area contributed by atoms with E-state index in [2.05, 4.69) is 10.3 Å². The maximum Gasteiger partial charge on any atom is 0.336 e. The first-order valence-corrected chi connectivity index (χ1v) is 14.5. The number of allylic oxidation sites excluding steroid dienone is 1. The van der Waals surface area contributed by atoms with E-state index in [9.17, 15) is 18.4 Å². The second-order valence-electron chi connectivity index (χ2n) is 9.06. The number of carbonyl (C=O) groups is 2. The Bertz CT molecular complexity index is 1260. The Morgan fingerprint density at radius 3 is 2.84 bits per heavy atom. The maximum absolute atomic E-state index is 14.6. The number of thiazole rings is 1. The molecule has 1 saturated heterocycles. The lowest BCUT2D eigenvalue weighted by Gasteiger charge is -2.34. The second kappa shape index (κ2) is 12.6. The minimum atomic E-state index is -1.07. The monoisotopic (exact) mass is 583 g/mol. The molecule has 1 aromatic heterocycles. The number of carbonyl (C=O) groups excluding carboxylic acids is 1. The van der Waals surface area contributed by atoms with Crippen molar-refractivity contribution in [2.45, 2.75) is 38.4 Å². The van der Waals surface area contributed by atoms with Gasteiger partial charge in [-0.3, -0.25) is 9.69 Å². The molecule has 4 rings (SSSR count). The van der Waals surface area contributed by atoms with E-state index in [1.165, 1.54) is 35.2 Å². The molecule has 0 spiro atoms. The minimum absolute atomic E-state index is 0.0718. The van der Waals surface area contributed by atoms with E-state index in [1.54, 1.807) is 19.2 Å². The van der Waals surface area contributed by atoms with Crippen LogP contribution in [0.2, 0.25) is 5.02 Å². The molecule has 0 radical (unpaired) electrons. The van der Waals surface area contributed by atoms with Crippen molar-refractivity contribution >= 4 is 52.3 Å². The van der Waals surface area contributed by atoms with Crippen LogP contribution >= 0.6 is 34.7 Å². The van der Waals surface area contributed by atoms with Crippen molar-refractivity contribution in [1.82, 2.24) is 15.2 Å². The van der Waals surface area contributed by atoms with Gasteiger partial charge in [0.15, 0.2) is 0 Å². The summed E-state index contributed by atoms with van der Waals surface area (Å²) in [4.78, 5) is 30.8. The number of likely N-dealkylation sites (tertiary alicyclic amines) is 1. The molecule has 0 aliphatic carbocycles. The number of nitrogens with one attached hydrogen (secondary N) is 1. The highest BCUT2D eigenvalue weighted by Gasteiger charge is 2.39. The SMILES string of the molecule is CCOC(=O)C1=C(CN2CC(F)CC2CSCC(=O)O)NC(c2nccs2)=C(C)[C@H]1c1ccc(F)cc1Cl. The van der Waals surface area contributed by atoms with Crippen LogP contribution < -0.4 is 5.32 Å². The molecule has 2 aromatic rings. The second-order valence-corrected chi connectivity index (χ2v) is 11.4. The third-order valence-electron chi connectivity index (χ3n) is 6.51. The Morgan fingerprint density at radius 1 is 1.39 bits per heavy atom. The number of esters is 1. The summed E-state index contributed by atoms with van der Waals surface area (Å²) in [7, 11) is 0. The van der Waals surface area contributed by atoms with E-state index in [0.29, 0.717) is 33.3 Å². The summed E-state index contributed by atoms with van der Waals surface area (Å²) in [6, 6.07) is 3.86. The predicted molar refractivity (Wildman–Crippen MR) is 145 cm³/mol. The molecule has 0 bridgehead atoms. The molecular weight excluding hydrogens is 556 g/mol. The number of aliphatic carboxylic acids is 1. The van der Waals surface area contributed by atoms with Crippen molar-refractivity contribution in [3.8, 4) is 0 Å². The lowest BCUT2D eigenvalue weighted by atomic mass is 9.80. The molecule has 3 atom stereocenters. The van der Waals surface area contributed by atoms with Gasteiger partial charge in [0.05, 0.1) is 23.6 Å². The molecular formula is C26H28ClF2N3O4S2. The average Bonchev–Trinajstić information content (AvgIpc) is 3.50. The molecule has 38 heavy (non-hydrogen) atoms. The van der Waals surface area contributed by atoms with E-state index in [0.717, 1.165) is 5.57 Å². The van der Waals surface area contributed by atoms with Crippen LogP contribution in [0.4, 0.5) is 8.78 Å². The van der Waals surface area contributed by atoms with Gasteiger partial charge in [0.2, 0.25) is 0 Å². The van der Waals surface area contributed by atoms with Gasteiger partial charge in [-0.05, 0) is 43.5 Å². The Labute approximate surface area is 232 Å². The first-order chi connectivity index (χ1) is 18.2. The Kier molecular flexibility index (Phi) is 9.45. The quantitative estimate of drug-likeness (QED) is 0.373. The number of rotatable bonds is 10. The number of halogens is 3. The number of carboxylic acids is 1. The topological polar surface area (TPSA) is 91.8 Å². The Balaban J connectivity index is 1.79. The third kappa shape index (κ3) is 6.39. The standard InChI is InChI=1S/C26H28ClF2N3O4S2/c1-3-36-26(35)23-20(11-32-10-16(29)8-17(32)12-37-13-21(33)34)31-24(25-30-6-7-38-25)14(2)22(23)18-5-4-15(28)9-19(18)27/h4-7,9,16-17,22,31H,3,8,10-13H2,1-2H3,(H,33,34)/t16?,17?,22-/m0/s1. The summed E-state index contributed by atoms with van der Waals surface area (Å²) in [6.45, 7) is 4.07. The first-order valence-electron chi connectivity index (χ1n) is 12.1. The zero-order chi connectivity index (χ0) is 27.4. The Hall–Kier alpha value is -2.47. The number of nitrogens with zero attached hydrogens (tertiary/aromatic N) is 2. The van der Waals surface area contributed by atoms with E-state index >= 15 is 0 Å². The first kappa shape index (κ1) is 28.5. The zero-order valence-corrected chi connectivity index (χ0v) is 23.3. The van der Waals surface area contributed by atoms with E-state index < -0.39 is 29.8 Å². The molecule has 0 amide bonds. The van der Waals surface area contributed by atoms with Crippen molar-refractivity contribution in [2.24, 2.45) is 0 Å². The van der Waals surface area contributed by atoms with Crippen LogP contribution in [0.25, 0.3) is 5.70 Å². The molecule has 2 aliphatic rings. The summed E-state index contributed by atoms with van der Waals surface area (Å²) in [5.41, 5.74) is 2.84. The van der Waals surface area contributed by atoms with Gasteiger partial charge in [0.25, 0.3) is 0 Å².